The van der Waals surface area contributed by atoms with Gasteiger partial charge in [-0.1, -0.05) is 12.1 Å². The van der Waals surface area contributed by atoms with Crippen LogP contribution in [0.2, 0.25) is 0 Å². The number of carbonyl (C=O) groups is 1. The molecule has 0 unspecified atom stereocenters. The van der Waals surface area contributed by atoms with Crippen LogP contribution in [0.1, 0.15) is 18.4 Å². The average molecular weight is 431 g/mol. The highest BCUT2D eigenvalue weighted by Crippen LogP contribution is 2.18. The van der Waals surface area contributed by atoms with Crippen molar-refractivity contribution < 1.29 is 22.7 Å². The summed E-state index contributed by atoms with van der Waals surface area (Å²) in [5, 5.41) is 0. The molecule has 0 aromatic heterocycles. The zero-order valence-corrected chi connectivity index (χ0v) is 17.9. The molecule has 3 rings (SSSR count). The molecule has 30 heavy (non-hydrogen) atoms. The van der Waals surface area contributed by atoms with E-state index in [4.69, 9.17) is 9.47 Å². The minimum Gasteiger partial charge on any atom is -0.497 e. The number of amides is 1. The van der Waals surface area contributed by atoms with Gasteiger partial charge in [0.05, 0.1) is 19.1 Å². The highest BCUT2D eigenvalue weighted by molar-refractivity contribution is 7.89. The molecule has 0 radical (unpaired) electrons. The van der Waals surface area contributed by atoms with Gasteiger partial charge < -0.3 is 14.4 Å². The fourth-order valence-corrected chi connectivity index (χ4v) is 4.55. The van der Waals surface area contributed by atoms with E-state index in [0.29, 0.717) is 31.7 Å². The smallest absolute Gasteiger partial charge is 0.246 e. The normalized spacial score (nSPS) is 15.3. The van der Waals surface area contributed by atoms with Gasteiger partial charge in [-0.05, 0) is 60.9 Å². The van der Waals surface area contributed by atoms with Gasteiger partial charge in [0, 0.05) is 25.2 Å². The molecule has 0 bridgehead atoms. The Morgan fingerprint density at radius 3 is 2.03 bits per heavy atom. The molecule has 1 aliphatic rings. The van der Waals surface area contributed by atoms with Gasteiger partial charge in [0.25, 0.3) is 0 Å². The standard InChI is InChI=1S/C22H26N2O5S/c1-28-19-6-3-17(4-7-19)5-12-22(25)24-15-13-18(14-16-24)23-30(26,27)21-10-8-20(29-2)9-11-21/h3-12,18,23H,13-16H2,1-2H3/b12-5+. The van der Waals surface area contributed by atoms with Crippen molar-refractivity contribution in [1.82, 2.24) is 9.62 Å². The van der Waals surface area contributed by atoms with E-state index in [1.54, 1.807) is 36.3 Å². The molecular formula is C22H26N2O5S. The maximum atomic E-state index is 12.6. The van der Waals surface area contributed by atoms with E-state index in [9.17, 15) is 13.2 Å². The third-order valence-electron chi connectivity index (χ3n) is 5.03. The minimum atomic E-state index is -3.61. The van der Waals surface area contributed by atoms with Crippen molar-refractivity contribution >= 4 is 22.0 Å². The highest BCUT2D eigenvalue weighted by atomic mass is 32.2. The topological polar surface area (TPSA) is 84.9 Å². The van der Waals surface area contributed by atoms with Crippen LogP contribution in [-0.4, -0.2) is 52.6 Å². The Morgan fingerprint density at radius 1 is 0.967 bits per heavy atom. The predicted molar refractivity (Wildman–Crippen MR) is 115 cm³/mol. The van der Waals surface area contributed by atoms with Crippen molar-refractivity contribution in [3.63, 3.8) is 0 Å². The maximum Gasteiger partial charge on any atom is 0.246 e. The summed E-state index contributed by atoms with van der Waals surface area (Å²) in [5.74, 6) is 1.28. The van der Waals surface area contributed by atoms with Gasteiger partial charge >= 0.3 is 0 Å². The van der Waals surface area contributed by atoms with E-state index >= 15 is 0 Å². The Morgan fingerprint density at radius 2 is 1.50 bits per heavy atom. The van der Waals surface area contributed by atoms with Crippen molar-refractivity contribution in [2.75, 3.05) is 27.3 Å². The van der Waals surface area contributed by atoms with Crippen molar-refractivity contribution in [1.29, 1.82) is 0 Å². The van der Waals surface area contributed by atoms with Gasteiger partial charge in [0.15, 0.2) is 0 Å². The Balaban J connectivity index is 1.52. The SMILES string of the molecule is COc1ccc(/C=C/C(=O)N2CCC(NS(=O)(=O)c3ccc(OC)cc3)CC2)cc1. The lowest BCUT2D eigenvalue weighted by Crippen LogP contribution is -2.46. The Hall–Kier alpha value is -2.84. The number of sulfonamides is 1. The van der Waals surface area contributed by atoms with Crippen LogP contribution in [0.25, 0.3) is 6.08 Å². The van der Waals surface area contributed by atoms with Crippen LogP contribution in [0.15, 0.2) is 59.5 Å². The van der Waals surface area contributed by atoms with Crippen LogP contribution in [0.5, 0.6) is 11.5 Å². The average Bonchev–Trinajstić information content (AvgIpc) is 2.78. The van der Waals surface area contributed by atoms with Gasteiger partial charge in [-0.15, -0.1) is 0 Å². The molecular weight excluding hydrogens is 404 g/mol. The Kier molecular flexibility index (Phi) is 7.12. The van der Waals surface area contributed by atoms with Crippen LogP contribution in [0.4, 0.5) is 0 Å². The summed E-state index contributed by atoms with van der Waals surface area (Å²) >= 11 is 0. The number of methoxy groups -OCH3 is 2. The van der Waals surface area contributed by atoms with E-state index < -0.39 is 10.0 Å². The van der Waals surface area contributed by atoms with Crippen LogP contribution < -0.4 is 14.2 Å². The third-order valence-corrected chi connectivity index (χ3v) is 6.57. The summed E-state index contributed by atoms with van der Waals surface area (Å²) in [5.41, 5.74) is 0.909. The minimum absolute atomic E-state index is 0.0812. The van der Waals surface area contributed by atoms with E-state index in [1.165, 1.54) is 19.2 Å². The Bertz CT molecular complexity index is 977. The number of ether oxygens (including phenoxy) is 2. The molecule has 1 heterocycles. The molecule has 8 heteroatoms. The largest absolute Gasteiger partial charge is 0.497 e. The van der Waals surface area contributed by atoms with E-state index in [2.05, 4.69) is 4.72 Å². The third kappa shape index (κ3) is 5.61. The van der Waals surface area contributed by atoms with Gasteiger partial charge in [-0.3, -0.25) is 4.79 Å². The summed E-state index contributed by atoms with van der Waals surface area (Å²) in [6, 6.07) is 13.5. The summed E-state index contributed by atoms with van der Waals surface area (Å²) in [6.07, 6.45) is 4.44. The van der Waals surface area contributed by atoms with Crippen LogP contribution in [0, 0.1) is 0 Å². The molecule has 0 aliphatic carbocycles. The first-order valence-corrected chi connectivity index (χ1v) is 11.2. The first-order chi connectivity index (χ1) is 14.4. The number of carbonyl (C=O) groups excluding carboxylic acids is 1. The summed E-state index contributed by atoms with van der Waals surface area (Å²) in [7, 11) is -0.471. The van der Waals surface area contributed by atoms with E-state index in [0.717, 1.165) is 11.3 Å². The number of piperidine rings is 1. The van der Waals surface area contributed by atoms with Gasteiger partial charge in [0.2, 0.25) is 15.9 Å². The molecule has 1 saturated heterocycles. The van der Waals surface area contributed by atoms with Crippen LogP contribution in [-0.2, 0) is 14.8 Å². The van der Waals surface area contributed by atoms with Crippen molar-refractivity contribution in [2.24, 2.45) is 0 Å². The zero-order chi connectivity index (χ0) is 21.6. The predicted octanol–water partition coefficient (Wildman–Crippen LogP) is 2.69. The molecule has 1 N–H and O–H groups in total. The molecule has 160 valence electrons. The second-order valence-corrected chi connectivity index (χ2v) is 8.72. The molecule has 1 fully saturated rings. The molecule has 1 amide bonds. The number of hydrogen-bond acceptors (Lipinski definition) is 5. The maximum absolute atomic E-state index is 12.6. The molecule has 2 aromatic rings. The van der Waals surface area contributed by atoms with Crippen LogP contribution in [0.3, 0.4) is 0 Å². The highest BCUT2D eigenvalue weighted by Gasteiger charge is 2.26. The van der Waals surface area contributed by atoms with Crippen LogP contribution >= 0.6 is 0 Å². The number of rotatable bonds is 7. The summed E-state index contributed by atoms with van der Waals surface area (Å²) < 4.78 is 38.1. The molecule has 0 spiro atoms. The summed E-state index contributed by atoms with van der Waals surface area (Å²) in [4.78, 5) is 14.4. The van der Waals surface area contributed by atoms with Crippen molar-refractivity contribution in [3.8, 4) is 11.5 Å². The van der Waals surface area contributed by atoms with Gasteiger partial charge in [-0.2, -0.15) is 0 Å². The quantitative estimate of drug-likeness (QED) is 0.683. The number of nitrogens with one attached hydrogen (secondary N) is 1. The van der Waals surface area contributed by atoms with Gasteiger partial charge in [-0.25, -0.2) is 13.1 Å². The molecule has 0 saturated carbocycles. The van der Waals surface area contributed by atoms with E-state index in [-0.39, 0.29) is 16.8 Å². The van der Waals surface area contributed by atoms with Gasteiger partial charge in [0.1, 0.15) is 11.5 Å². The fraction of sp³-hybridized carbons (Fsp3) is 0.318. The Labute approximate surface area is 177 Å². The lowest BCUT2D eigenvalue weighted by molar-refractivity contribution is -0.126. The lowest BCUT2D eigenvalue weighted by Gasteiger charge is -2.31. The first kappa shape index (κ1) is 21.9. The summed E-state index contributed by atoms with van der Waals surface area (Å²) in [6.45, 7) is 1.00. The first-order valence-electron chi connectivity index (χ1n) is 9.69. The second-order valence-electron chi connectivity index (χ2n) is 7.00. The zero-order valence-electron chi connectivity index (χ0n) is 17.1. The van der Waals surface area contributed by atoms with Crippen molar-refractivity contribution in [2.45, 2.75) is 23.8 Å². The fourth-order valence-electron chi connectivity index (χ4n) is 3.25. The molecule has 1 aliphatic heterocycles. The molecule has 2 aromatic carbocycles. The number of nitrogens with zero attached hydrogens (tertiary/aromatic N) is 1. The lowest BCUT2D eigenvalue weighted by atomic mass is 10.1. The second kappa shape index (κ2) is 9.77. The monoisotopic (exact) mass is 430 g/mol. The number of benzene rings is 2. The van der Waals surface area contributed by atoms with E-state index in [1.807, 2.05) is 24.3 Å². The molecule has 0 atom stereocenters. The van der Waals surface area contributed by atoms with Crippen molar-refractivity contribution in [3.05, 3.63) is 60.2 Å². The number of likely N-dealkylation sites (tertiary alicyclic amines) is 1. The molecule has 7 nitrogen and oxygen atoms in total. The number of hydrogen-bond donors (Lipinski definition) is 1.